The van der Waals surface area contributed by atoms with E-state index in [-0.39, 0.29) is 11.6 Å². The number of nitrogens with zero attached hydrogens (tertiary/aromatic N) is 1. The average molecular weight is 218 g/mol. The number of nitrogens with one attached hydrogen (secondary N) is 1. The van der Waals surface area contributed by atoms with Crippen molar-refractivity contribution in [3.05, 3.63) is 52.8 Å². The molecule has 0 aromatic carbocycles. The summed E-state index contributed by atoms with van der Waals surface area (Å²) in [5, 5.41) is 3.26. The Hall–Kier alpha value is -1.97. The fourth-order valence-electron chi connectivity index (χ4n) is 1.54. The van der Waals surface area contributed by atoms with Crippen LogP contribution >= 0.6 is 0 Å². The molecule has 0 radical (unpaired) electrons. The Kier molecular flexibility index (Phi) is 2.81. The summed E-state index contributed by atoms with van der Waals surface area (Å²) in [5.74, 6) is 0.869. The summed E-state index contributed by atoms with van der Waals surface area (Å²) in [6.07, 6.45) is 3.41. The lowest BCUT2D eigenvalue weighted by molar-refractivity contribution is 0.490. The van der Waals surface area contributed by atoms with Crippen molar-refractivity contribution in [3.63, 3.8) is 0 Å². The molecule has 2 aromatic rings. The zero-order chi connectivity index (χ0) is 11.5. The lowest BCUT2D eigenvalue weighted by Gasteiger charge is -2.13. The maximum atomic E-state index is 11.2. The highest BCUT2D eigenvalue weighted by Crippen LogP contribution is 2.18. The first kappa shape index (κ1) is 10.5. The third-order valence-corrected chi connectivity index (χ3v) is 2.44. The number of furan rings is 1. The zero-order valence-corrected chi connectivity index (χ0v) is 9.31. The molecule has 2 rings (SSSR count). The van der Waals surface area contributed by atoms with Gasteiger partial charge in [-0.1, -0.05) is 0 Å². The van der Waals surface area contributed by atoms with Crippen LogP contribution < -0.4 is 10.9 Å². The van der Waals surface area contributed by atoms with E-state index in [0.29, 0.717) is 0 Å². The second kappa shape index (κ2) is 4.26. The maximum absolute atomic E-state index is 11.2. The number of hydrogen-bond acceptors (Lipinski definition) is 3. The Bertz CT molecular complexity index is 514. The number of rotatable bonds is 3. The van der Waals surface area contributed by atoms with Gasteiger partial charge in [-0.3, -0.25) is 4.79 Å². The van der Waals surface area contributed by atoms with Gasteiger partial charge in [-0.2, -0.15) is 0 Å². The van der Waals surface area contributed by atoms with Gasteiger partial charge in [0.2, 0.25) is 5.56 Å². The van der Waals surface area contributed by atoms with Crippen molar-refractivity contribution in [3.8, 4) is 0 Å². The fourth-order valence-corrected chi connectivity index (χ4v) is 1.54. The van der Waals surface area contributed by atoms with E-state index >= 15 is 0 Å². The van der Waals surface area contributed by atoms with Crippen LogP contribution in [0.5, 0.6) is 0 Å². The second-order valence-corrected chi connectivity index (χ2v) is 3.75. The van der Waals surface area contributed by atoms with Crippen molar-refractivity contribution in [2.24, 2.45) is 7.05 Å². The Morgan fingerprint density at radius 1 is 1.38 bits per heavy atom. The van der Waals surface area contributed by atoms with E-state index in [1.165, 1.54) is 10.6 Å². The molecule has 2 aromatic heterocycles. The van der Waals surface area contributed by atoms with Gasteiger partial charge < -0.3 is 14.3 Å². The SMILES string of the molecule is CC(Nc1ccc(=O)n(C)c1)c1ccco1. The molecule has 0 saturated heterocycles. The molecule has 84 valence electrons. The molecule has 2 heterocycles. The van der Waals surface area contributed by atoms with Gasteiger partial charge in [-0.05, 0) is 25.1 Å². The molecule has 0 spiro atoms. The Labute approximate surface area is 93.5 Å². The van der Waals surface area contributed by atoms with Crippen LogP contribution in [-0.2, 0) is 7.05 Å². The zero-order valence-electron chi connectivity index (χ0n) is 9.31. The smallest absolute Gasteiger partial charge is 0.250 e. The minimum atomic E-state index is -0.0174. The lowest BCUT2D eigenvalue weighted by atomic mass is 10.2. The highest BCUT2D eigenvalue weighted by molar-refractivity contribution is 5.42. The summed E-state index contributed by atoms with van der Waals surface area (Å²) >= 11 is 0. The van der Waals surface area contributed by atoms with Crippen LogP contribution in [0.3, 0.4) is 0 Å². The van der Waals surface area contributed by atoms with Crippen LogP contribution in [0, 0.1) is 0 Å². The largest absolute Gasteiger partial charge is 0.467 e. The molecule has 0 aliphatic heterocycles. The highest BCUT2D eigenvalue weighted by Gasteiger charge is 2.07. The maximum Gasteiger partial charge on any atom is 0.250 e. The molecule has 0 bridgehead atoms. The van der Waals surface area contributed by atoms with Crippen LogP contribution in [0.2, 0.25) is 0 Å². The summed E-state index contributed by atoms with van der Waals surface area (Å²) in [6.45, 7) is 2.00. The Morgan fingerprint density at radius 3 is 2.81 bits per heavy atom. The molecule has 1 unspecified atom stereocenters. The van der Waals surface area contributed by atoms with E-state index in [4.69, 9.17) is 4.42 Å². The molecule has 1 N–H and O–H groups in total. The molecule has 0 aliphatic rings. The molecule has 4 heteroatoms. The van der Waals surface area contributed by atoms with Crippen LogP contribution in [-0.4, -0.2) is 4.57 Å². The van der Waals surface area contributed by atoms with Gasteiger partial charge in [-0.15, -0.1) is 0 Å². The van der Waals surface area contributed by atoms with Gasteiger partial charge in [0.1, 0.15) is 5.76 Å². The monoisotopic (exact) mass is 218 g/mol. The quantitative estimate of drug-likeness (QED) is 0.858. The second-order valence-electron chi connectivity index (χ2n) is 3.75. The van der Waals surface area contributed by atoms with Crippen molar-refractivity contribution in [1.82, 2.24) is 4.57 Å². The minimum absolute atomic E-state index is 0.0174. The van der Waals surface area contributed by atoms with E-state index in [0.717, 1.165) is 11.4 Å². The van der Waals surface area contributed by atoms with Crippen molar-refractivity contribution in [1.29, 1.82) is 0 Å². The molecule has 0 amide bonds. The van der Waals surface area contributed by atoms with Gasteiger partial charge >= 0.3 is 0 Å². The average Bonchev–Trinajstić information content (AvgIpc) is 2.77. The molecule has 4 nitrogen and oxygen atoms in total. The first-order chi connectivity index (χ1) is 7.66. The Morgan fingerprint density at radius 2 is 2.19 bits per heavy atom. The van der Waals surface area contributed by atoms with Gasteiger partial charge in [0.25, 0.3) is 0 Å². The van der Waals surface area contributed by atoms with Gasteiger partial charge in [0.15, 0.2) is 0 Å². The molecule has 0 saturated carbocycles. The van der Waals surface area contributed by atoms with Crippen LogP contribution in [0.4, 0.5) is 5.69 Å². The van der Waals surface area contributed by atoms with E-state index in [1.54, 1.807) is 25.6 Å². The summed E-state index contributed by atoms with van der Waals surface area (Å²) in [5.41, 5.74) is 0.877. The van der Waals surface area contributed by atoms with Crippen molar-refractivity contribution in [2.75, 3.05) is 5.32 Å². The topological polar surface area (TPSA) is 47.2 Å². The lowest BCUT2D eigenvalue weighted by Crippen LogP contribution is -2.16. The van der Waals surface area contributed by atoms with E-state index < -0.39 is 0 Å². The van der Waals surface area contributed by atoms with E-state index in [2.05, 4.69) is 5.32 Å². The van der Waals surface area contributed by atoms with Crippen LogP contribution in [0.25, 0.3) is 0 Å². The van der Waals surface area contributed by atoms with Crippen LogP contribution in [0.1, 0.15) is 18.7 Å². The third-order valence-electron chi connectivity index (χ3n) is 2.44. The predicted molar refractivity (Wildman–Crippen MR) is 62.4 cm³/mol. The molecular formula is C12H14N2O2. The number of hydrogen-bond donors (Lipinski definition) is 1. The predicted octanol–water partition coefficient (Wildman–Crippen LogP) is 2.15. The summed E-state index contributed by atoms with van der Waals surface area (Å²) in [6, 6.07) is 7.15. The van der Waals surface area contributed by atoms with Crippen molar-refractivity contribution < 1.29 is 4.42 Å². The molecule has 0 aliphatic carbocycles. The van der Waals surface area contributed by atoms with Crippen molar-refractivity contribution >= 4 is 5.69 Å². The minimum Gasteiger partial charge on any atom is -0.467 e. The number of aromatic nitrogens is 1. The van der Waals surface area contributed by atoms with Gasteiger partial charge in [-0.25, -0.2) is 0 Å². The first-order valence-electron chi connectivity index (χ1n) is 5.13. The number of pyridine rings is 1. The molecule has 16 heavy (non-hydrogen) atoms. The van der Waals surface area contributed by atoms with Crippen molar-refractivity contribution in [2.45, 2.75) is 13.0 Å². The first-order valence-corrected chi connectivity index (χ1v) is 5.13. The number of aryl methyl sites for hydroxylation is 1. The fraction of sp³-hybridized carbons (Fsp3) is 0.250. The van der Waals surface area contributed by atoms with E-state index in [1.807, 2.05) is 19.1 Å². The van der Waals surface area contributed by atoms with E-state index in [9.17, 15) is 4.79 Å². The van der Waals surface area contributed by atoms with Crippen LogP contribution in [0.15, 0.2) is 45.9 Å². The van der Waals surface area contributed by atoms with Gasteiger partial charge in [0.05, 0.1) is 18.0 Å². The molecular weight excluding hydrogens is 204 g/mol. The summed E-state index contributed by atoms with van der Waals surface area (Å²) < 4.78 is 6.83. The third kappa shape index (κ3) is 2.16. The standard InChI is InChI=1S/C12H14N2O2/c1-9(11-4-3-7-16-11)13-10-5-6-12(15)14(2)8-10/h3-9,13H,1-2H3. The summed E-state index contributed by atoms with van der Waals surface area (Å²) in [7, 11) is 1.73. The van der Waals surface area contributed by atoms with Gasteiger partial charge in [0, 0.05) is 19.3 Å². The Balaban J connectivity index is 2.15. The normalized spacial score (nSPS) is 12.4. The highest BCUT2D eigenvalue weighted by atomic mass is 16.3. The molecule has 1 atom stereocenters. The molecule has 0 fully saturated rings. The summed E-state index contributed by atoms with van der Waals surface area (Å²) in [4.78, 5) is 11.2. The number of anilines is 1.